The number of phosphoric ester groups is 2. The zero-order valence-electron chi connectivity index (χ0n) is 69.9. The average molecular weight is 1550 g/mol. The van der Waals surface area contributed by atoms with Crippen LogP contribution in [0, 0.1) is 17.8 Å². The number of hydrogen-bond donors (Lipinski definition) is 3. The summed E-state index contributed by atoms with van der Waals surface area (Å²) in [6.07, 6.45) is 68.1. The Morgan fingerprint density at radius 3 is 0.642 bits per heavy atom. The minimum atomic E-state index is -4.97. The van der Waals surface area contributed by atoms with Crippen molar-refractivity contribution in [2.45, 2.75) is 478 Å². The molecule has 0 aromatic heterocycles. The molecule has 3 N–H and O–H groups in total. The van der Waals surface area contributed by atoms with Crippen molar-refractivity contribution in [3.63, 3.8) is 0 Å². The van der Waals surface area contributed by atoms with Gasteiger partial charge in [-0.1, -0.05) is 408 Å². The van der Waals surface area contributed by atoms with Crippen LogP contribution < -0.4 is 0 Å². The minimum absolute atomic E-state index is 0.107. The summed E-state index contributed by atoms with van der Waals surface area (Å²) < 4.78 is 68.9. The molecule has 0 aromatic rings. The summed E-state index contributed by atoms with van der Waals surface area (Å²) >= 11 is 0. The molecule has 0 aliphatic rings. The Morgan fingerprint density at radius 1 is 0.255 bits per heavy atom. The predicted molar refractivity (Wildman–Crippen MR) is 437 cm³/mol. The highest BCUT2D eigenvalue weighted by atomic mass is 31.2. The van der Waals surface area contributed by atoms with E-state index in [1.165, 1.54) is 270 Å². The Bertz CT molecular complexity index is 2040. The highest BCUT2D eigenvalue weighted by molar-refractivity contribution is 7.47. The van der Waals surface area contributed by atoms with Gasteiger partial charge in [-0.2, -0.15) is 0 Å². The Labute approximate surface area is 651 Å². The van der Waals surface area contributed by atoms with Crippen LogP contribution in [0.25, 0.3) is 0 Å². The van der Waals surface area contributed by atoms with Crippen molar-refractivity contribution in [3.05, 3.63) is 0 Å². The van der Waals surface area contributed by atoms with Crippen molar-refractivity contribution >= 4 is 39.5 Å². The van der Waals surface area contributed by atoms with Gasteiger partial charge in [-0.15, -0.1) is 0 Å². The van der Waals surface area contributed by atoms with Crippen molar-refractivity contribution in [3.8, 4) is 0 Å². The van der Waals surface area contributed by atoms with Crippen LogP contribution in [0.5, 0.6) is 0 Å². The second kappa shape index (κ2) is 77.0. The molecule has 630 valence electrons. The van der Waals surface area contributed by atoms with Gasteiger partial charge >= 0.3 is 39.5 Å². The van der Waals surface area contributed by atoms with Crippen molar-refractivity contribution in [2.24, 2.45) is 17.8 Å². The standard InChI is InChI=1S/C87H170O17P2/c1-8-9-10-11-12-13-14-15-16-17-18-19-20-21-22-23-28-34-41-49-56-63-70-86(91)103-82(74-97-84(89)68-61-54-47-40-33-29-24-26-31-37-44-51-58-65-78(2)3)76-101-105(93,94)99-72-81(88)73-100-106(95,96)102-77-83(75-98-85(90)69-62-55-48-43-36-39-46-53-60-67-80(6)7)104-87(92)71-64-57-50-42-35-30-25-27-32-38-45-52-59-66-79(4)5/h78-83,88H,8-77H2,1-7H3,(H,93,94)(H,95,96)/t81-,82-,83-/m1/s1. The van der Waals surface area contributed by atoms with E-state index in [-0.39, 0.29) is 25.7 Å². The van der Waals surface area contributed by atoms with Gasteiger partial charge in [0.25, 0.3) is 0 Å². The zero-order chi connectivity index (χ0) is 77.9. The van der Waals surface area contributed by atoms with Gasteiger partial charge < -0.3 is 33.8 Å². The van der Waals surface area contributed by atoms with Crippen LogP contribution in [0.3, 0.4) is 0 Å². The fourth-order valence-electron chi connectivity index (χ4n) is 13.5. The van der Waals surface area contributed by atoms with Crippen LogP contribution in [0.4, 0.5) is 0 Å². The Balaban J connectivity index is 5.24. The molecule has 0 fully saturated rings. The fourth-order valence-corrected chi connectivity index (χ4v) is 15.1. The molecule has 0 aromatic carbocycles. The number of carbonyl (C=O) groups excluding carboxylic acids is 4. The topological polar surface area (TPSA) is 237 Å². The number of hydrogen-bond acceptors (Lipinski definition) is 15. The molecule has 19 heteroatoms. The Morgan fingerprint density at radius 2 is 0.434 bits per heavy atom. The van der Waals surface area contributed by atoms with Gasteiger partial charge in [0.05, 0.1) is 26.4 Å². The van der Waals surface area contributed by atoms with Crippen LogP contribution in [0.1, 0.15) is 459 Å². The normalized spacial score (nSPS) is 13.9. The zero-order valence-corrected chi connectivity index (χ0v) is 71.7. The van der Waals surface area contributed by atoms with E-state index in [1.807, 2.05) is 0 Å². The molecule has 0 saturated heterocycles. The third-order valence-electron chi connectivity index (χ3n) is 20.4. The van der Waals surface area contributed by atoms with Gasteiger partial charge in [0.2, 0.25) is 0 Å². The molecule has 0 amide bonds. The largest absolute Gasteiger partial charge is 0.472 e. The SMILES string of the molecule is CCCCCCCCCCCCCCCCCCCCCCCCC(=O)O[C@H](COC(=O)CCCCCCCCCCCCCCCC(C)C)COP(=O)(O)OC[C@@H](O)COP(=O)(O)OC[C@@H](COC(=O)CCCCCCCCCCCC(C)C)OC(=O)CCCCCCCCCCCCCCCC(C)C. The van der Waals surface area contributed by atoms with Gasteiger partial charge in [0, 0.05) is 25.7 Å². The first kappa shape index (κ1) is 104. The van der Waals surface area contributed by atoms with Gasteiger partial charge in [0.15, 0.2) is 12.2 Å². The molecule has 0 heterocycles. The second-order valence-electron chi connectivity index (χ2n) is 32.7. The van der Waals surface area contributed by atoms with Crippen LogP contribution >= 0.6 is 15.6 Å². The third-order valence-corrected chi connectivity index (χ3v) is 22.3. The number of carbonyl (C=O) groups is 4. The number of aliphatic hydroxyl groups is 1. The van der Waals surface area contributed by atoms with Gasteiger partial charge in [-0.25, -0.2) is 9.13 Å². The quantitative estimate of drug-likeness (QED) is 0.0222. The molecular weight excluding hydrogens is 1380 g/mol. The van der Waals surface area contributed by atoms with Crippen molar-refractivity contribution < 1.29 is 80.2 Å². The summed E-state index contributed by atoms with van der Waals surface area (Å²) in [5.41, 5.74) is 0. The first-order chi connectivity index (χ1) is 51.2. The molecule has 106 heavy (non-hydrogen) atoms. The number of ether oxygens (including phenoxy) is 4. The summed E-state index contributed by atoms with van der Waals surface area (Å²) in [7, 11) is -9.93. The molecule has 0 spiro atoms. The van der Waals surface area contributed by atoms with Crippen LogP contribution in [0.15, 0.2) is 0 Å². The third kappa shape index (κ3) is 80.1. The van der Waals surface area contributed by atoms with E-state index in [0.717, 1.165) is 108 Å². The smallest absolute Gasteiger partial charge is 0.462 e. The summed E-state index contributed by atoms with van der Waals surface area (Å²) in [5, 5.41) is 10.7. The van der Waals surface area contributed by atoms with E-state index in [2.05, 4.69) is 48.5 Å². The first-order valence-corrected chi connectivity index (χ1v) is 47.8. The number of rotatable bonds is 85. The van der Waals surface area contributed by atoms with E-state index in [9.17, 15) is 43.2 Å². The molecule has 17 nitrogen and oxygen atoms in total. The summed E-state index contributed by atoms with van der Waals surface area (Å²) in [4.78, 5) is 73.3. The van der Waals surface area contributed by atoms with Gasteiger partial charge in [0.1, 0.15) is 19.3 Å². The minimum Gasteiger partial charge on any atom is -0.462 e. The molecule has 0 aliphatic heterocycles. The fraction of sp³-hybridized carbons (Fsp3) is 0.954. The molecule has 0 saturated carbocycles. The van der Waals surface area contributed by atoms with E-state index in [1.54, 1.807) is 0 Å². The molecule has 0 radical (unpaired) electrons. The number of unbranched alkanes of at least 4 members (excludes halogenated alkanes) is 53. The lowest BCUT2D eigenvalue weighted by atomic mass is 10.0. The first-order valence-electron chi connectivity index (χ1n) is 44.8. The summed E-state index contributed by atoms with van der Waals surface area (Å²) in [5.74, 6) is 0.217. The molecular formula is C87H170O17P2. The summed E-state index contributed by atoms with van der Waals surface area (Å²) in [6, 6.07) is 0. The highest BCUT2D eigenvalue weighted by Crippen LogP contribution is 2.45. The lowest BCUT2D eigenvalue weighted by Crippen LogP contribution is -2.30. The number of phosphoric acid groups is 2. The Hall–Kier alpha value is -1.94. The molecule has 5 atom stereocenters. The van der Waals surface area contributed by atoms with E-state index in [0.29, 0.717) is 25.7 Å². The maximum atomic E-state index is 13.2. The number of aliphatic hydroxyl groups excluding tert-OH is 1. The monoisotopic (exact) mass is 1550 g/mol. The van der Waals surface area contributed by atoms with E-state index >= 15 is 0 Å². The molecule has 0 aliphatic carbocycles. The molecule has 0 rings (SSSR count). The van der Waals surface area contributed by atoms with Gasteiger partial charge in [-0.05, 0) is 43.4 Å². The van der Waals surface area contributed by atoms with Crippen molar-refractivity contribution in [1.29, 1.82) is 0 Å². The summed E-state index contributed by atoms with van der Waals surface area (Å²) in [6.45, 7) is 12.0. The lowest BCUT2D eigenvalue weighted by Gasteiger charge is -2.21. The van der Waals surface area contributed by atoms with Crippen molar-refractivity contribution in [2.75, 3.05) is 39.6 Å². The Kier molecular flexibility index (Phi) is 75.6. The van der Waals surface area contributed by atoms with Crippen LogP contribution in [-0.2, 0) is 65.4 Å². The van der Waals surface area contributed by atoms with Crippen LogP contribution in [0.2, 0.25) is 0 Å². The second-order valence-corrected chi connectivity index (χ2v) is 35.6. The number of esters is 4. The van der Waals surface area contributed by atoms with Gasteiger partial charge in [-0.3, -0.25) is 37.3 Å². The maximum Gasteiger partial charge on any atom is 0.472 e. The van der Waals surface area contributed by atoms with Crippen LogP contribution in [-0.4, -0.2) is 96.7 Å². The van der Waals surface area contributed by atoms with E-state index in [4.69, 9.17) is 37.0 Å². The molecule has 0 bridgehead atoms. The highest BCUT2D eigenvalue weighted by Gasteiger charge is 2.30. The maximum absolute atomic E-state index is 13.2. The van der Waals surface area contributed by atoms with E-state index < -0.39 is 97.5 Å². The lowest BCUT2D eigenvalue weighted by molar-refractivity contribution is -0.161. The average Bonchev–Trinajstić information content (AvgIpc) is 0.899. The predicted octanol–water partition coefficient (Wildman–Crippen LogP) is 26.5. The van der Waals surface area contributed by atoms with Crippen molar-refractivity contribution in [1.82, 2.24) is 0 Å². The molecule has 2 unspecified atom stereocenters.